The fourth-order valence-electron chi connectivity index (χ4n) is 1.75. The lowest BCUT2D eigenvalue weighted by molar-refractivity contribution is 0.0181. The van der Waals surface area contributed by atoms with Crippen LogP contribution in [0.15, 0.2) is 24.4 Å². The molecule has 1 heterocycles. The van der Waals surface area contributed by atoms with Crippen molar-refractivity contribution in [3.8, 4) is 0 Å². The summed E-state index contributed by atoms with van der Waals surface area (Å²) in [6, 6.07) is 5.50. The Morgan fingerprint density at radius 3 is 2.94 bits per heavy atom. The van der Waals surface area contributed by atoms with Gasteiger partial charge < -0.3 is 10.2 Å². The average molecular weight is 238 g/mol. The molecule has 0 saturated heterocycles. The van der Waals surface area contributed by atoms with Crippen LogP contribution in [0.1, 0.15) is 18.1 Å². The Labute approximate surface area is 98.7 Å². The molecule has 1 aromatic heterocycles. The summed E-state index contributed by atoms with van der Waals surface area (Å²) in [6.45, 7) is 0. The van der Waals surface area contributed by atoms with Crippen LogP contribution in [0.25, 0.3) is 10.9 Å². The number of H-pyrrole nitrogens is 1. The zero-order valence-electron chi connectivity index (χ0n) is 8.67. The summed E-state index contributed by atoms with van der Waals surface area (Å²) in [5, 5.41) is 27.3. The van der Waals surface area contributed by atoms with Crippen LogP contribution in [0, 0.1) is 0 Å². The Balaban J connectivity index is 2.35. The lowest BCUT2D eigenvalue weighted by atomic mass is 9.99. The molecule has 0 amide bonds. The number of hydrogen-bond donors (Lipinski definition) is 4. The summed E-state index contributed by atoms with van der Waals surface area (Å²) in [5.41, 5.74) is 1.55. The van der Waals surface area contributed by atoms with Crippen LogP contribution < -0.4 is 0 Å². The van der Waals surface area contributed by atoms with Gasteiger partial charge in [-0.15, -0.1) is 0 Å². The van der Waals surface area contributed by atoms with Gasteiger partial charge in [-0.3, -0.25) is 5.10 Å². The van der Waals surface area contributed by atoms with E-state index < -0.39 is 12.2 Å². The van der Waals surface area contributed by atoms with Gasteiger partial charge in [0.15, 0.2) is 0 Å². The Morgan fingerprint density at radius 2 is 2.19 bits per heavy atom. The quantitative estimate of drug-likeness (QED) is 0.606. The molecule has 0 spiro atoms. The number of nitrogens with zero attached hydrogens (tertiary/aromatic N) is 1. The van der Waals surface area contributed by atoms with Crippen molar-refractivity contribution in [3.05, 3.63) is 30.0 Å². The summed E-state index contributed by atoms with van der Waals surface area (Å²) in [7, 11) is 0. The first-order chi connectivity index (χ1) is 7.74. The highest BCUT2D eigenvalue weighted by molar-refractivity contribution is 7.80. The number of aliphatic hydroxyl groups excluding tert-OH is 2. The maximum atomic E-state index is 10.0. The maximum absolute atomic E-state index is 10.0. The van der Waals surface area contributed by atoms with Crippen molar-refractivity contribution in [2.45, 2.75) is 18.6 Å². The summed E-state index contributed by atoms with van der Waals surface area (Å²) in [4.78, 5) is 0. The molecule has 3 N–H and O–H groups in total. The molecule has 86 valence electrons. The molecule has 4 nitrogen and oxygen atoms in total. The van der Waals surface area contributed by atoms with Crippen LogP contribution >= 0.6 is 12.6 Å². The Kier molecular flexibility index (Phi) is 3.48. The molecule has 2 unspecified atom stereocenters. The Bertz CT molecular complexity index is 472. The zero-order chi connectivity index (χ0) is 11.5. The van der Waals surface area contributed by atoms with Gasteiger partial charge >= 0.3 is 0 Å². The maximum Gasteiger partial charge on any atom is 0.106 e. The molecule has 5 heteroatoms. The summed E-state index contributed by atoms with van der Waals surface area (Å²) < 4.78 is 0. The Hall–Kier alpha value is -1.04. The van der Waals surface area contributed by atoms with Gasteiger partial charge in [0.25, 0.3) is 0 Å². The van der Waals surface area contributed by atoms with Gasteiger partial charge in [0.05, 0.1) is 17.8 Å². The predicted molar refractivity (Wildman–Crippen MR) is 65.5 cm³/mol. The molecule has 1 aromatic carbocycles. The second-order valence-electron chi connectivity index (χ2n) is 3.70. The van der Waals surface area contributed by atoms with E-state index in [0.29, 0.717) is 17.7 Å². The van der Waals surface area contributed by atoms with E-state index in [0.717, 1.165) is 10.9 Å². The van der Waals surface area contributed by atoms with Crippen molar-refractivity contribution < 1.29 is 10.2 Å². The van der Waals surface area contributed by atoms with E-state index in [4.69, 9.17) is 0 Å². The van der Waals surface area contributed by atoms with E-state index >= 15 is 0 Å². The van der Waals surface area contributed by atoms with Gasteiger partial charge in [-0.05, 0) is 23.8 Å². The monoisotopic (exact) mass is 238 g/mol. The molecule has 0 aliphatic heterocycles. The van der Waals surface area contributed by atoms with E-state index in [1.165, 1.54) is 0 Å². The third-order valence-corrected chi connectivity index (χ3v) is 2.88. The van der Waals surface area contributed by atoms with Gasteiger partial charge in [0.2, 0.25) is 0 Å². The van der Waals surface area contributed by atoms with Crippen LogP contribution in [0.2, 0.25) is 0 Å². The minimum Gasteiger partial charge on any atom is -0.390 e. The highest BCUT2D eigenvalue weighted by Gasteiger charge is 2.19. The van der Waals surface area contributed by atoms with Gasteiger partial charge in [-0.1, -0.05) is 12.1 Å². The van der Waals surface area contributed by atoms with Crippen LogP contribution in [0.4, 0.5) is 0 Å². The largest absolute Gasteiger partial charge is 0.390 e. The number of hydrogen-bond acceptors (Lipinski definition) is 4. The number of aliphatic hydroxyl groups is 2. The summed E-state index contributed by atoms with van der Waals surface area (Å²) >= 11 is 4.04. The molecule has 2 rings (SSSR count). The standard InChI is InChI=1S/C11H14N2O2S/c14-10(4-5-16)11(15)7-2-1-3-9-8(7)6-12-13-9/h1-3,6,10-11,14-16H,4-5H2,(H,12,13). The van der Waals surface area contributed by atoms with E-state index in [2.05, 4.69) is 22.8 Å². The second kappa shape index (κ2) is 4.86. The number of nitrogens with one attached hydrogen (secondary N) is 1. The van der Waals surface area contributed by atoms with Gasteiger partial charge in [0, 0.05) is 5.39 Å². The summed E-state index contributed by atoms with van der Waals surface area (Å²) in [5.74, 6) is 0.541. The van der Waals surface area contributed by atoms with Crippen molar-refractivity contribution in [3.63, 3.8) is 0 Å². The highest BCUT2D eigenvalue weighted by Crippen LogP contribution is 2.26. The van der Waals surface area contributed by atoms with Crippen molar-refractivity contribution in [2.24, 2.45) is 0 Å². The number of aromatic amines is 1. The normalized spacial score (nSPS) is 15.2. The second-order valence-corrected chi connectivity index (χ2v) is 4.15. The van der Waals surface area contributed by atoms with E-state index in [-0.39, 0.29) is 0 Å². The lowest BCUT2D eigenvalue weighted by Gasteiger charge is -2.17. The van der Waals surface area contributed by atoms with E-state index in [1.807, 2.05) is 12.1 Å². The molecule has 0 radical (unpaired) electrons. The topological polar surface area (TPSA) is 69.1 Å². The first kappa shape index (κ1) is 11.4. The number of aromatic nitrogens is 2. The average Bonchev–Trinajstić information content (AvgIpc) is 2.76. The molecule has 0 aliphatic rings. The predicted octanol–water partition coefficient (Wildman–Crippen LogP) is 1.28. The van der Waals surface area contributed by atoms with Crippen molar-refractivity contribution >= 4 is 23.5 Å². The molecular weight excluding hydrogens is 224 g/mol. The first-order valence-electron chi connectivity index (χ1n) is 5.13. The van der Waals surface area contributed by atoms with Gasteiger partial charge in [0.1, 0.15) is 6.10 Å². The summed E-state index contributed by atoms with van der Waals surface area (Å²) in [6.07, 6.45) is 0.422. The van der Waals surface area contributed by atoms with Gasteiger partial charge in [-0.2, -0.15) is 17.7 Å². The minimum atomic E-state index is -0.895. The highest BCUT2D eigenvalue weighted by atomic mass is 32.1. The SMILES string of the molecule is OC(CCS)C(O)c1cccc2[nH]ncc12. The first-order valence-corrected chi connectivity index (χ1v) is 5.76. The molecule has 0 fully saturated rings. The molecule has 2 aromatic rings. The van der Waals surface area contributed by atoms with Crippen LogP contribution in [-0.2, 0) is 0 Å². The number of thiol groups is 1. The molecule has 0 aliphatic carbocycles. The lowest BCUT2D eigenvalue weighted by Crippen LogP contribution is -2.18. The molecule has 2 atom stereocenters. The molecule has 16 heavy (non-hydrogen) atoms. The smallest absolute Gasteiger partial charge is 0.106 e. The van der Waals surface area contributed by atoms with Crippen LogP contribution in [-0.4, -0.2) is 32.3 Å². The molecule has 0 bridgehead atoms. The number of benzene rings is 1. The fraction of sp³-hybridized carbons (Fsp3) is 0.364. The molecule has 0 saturated carbocycles. The van der Waals surface area contributed by atoms with Crippen molar-refractivity contribution in [2.75, 3.05) is 5.75 Å². The minimum absolute atomic E-state index is 0.457. The van der Waals surface area contributed by atoms with Crippen molar-refractivity contribution in [1.82, 2.24) is 10.2 Å². The third-order valence-electron chi connectivity index (χ3n) is 2.63. The Morgan fingerprint density at radius 1 is 1.38 bits per heavy atom. The van der Waals surface area contributed by atoms with Crippen LogP contribution in [0.3, 0.4) is 0 Å². The van der Waals surface area contributed by atoms with Crippen LogP contribution in [0.5, 0.6) is 0 Å². The van der Waals surface area contributed by atoms with Gasteiger partial charge in [-0.25, -0.2) is 0 Å². The zero-order valence-corrected chi connectivity index (χ0v) is 9.56. The van der Waals surface area contributed by atoms with E-state index in [1.54, 1.807) is 12.3 Å². The molecular formula is C11H14N2O2S. The third kappa shape index (κ3) is 2.07. The van der Waals surface area contributed by atoms with E-state index in [9.17, 15) is 10.2 Å². The van der Waals surface area contributed by atoms with Crippen molar-refractivity contribution in [1.29, 1.82) is 0 Å². The fourth-order valence-corrected chi connectivity index (χ4v) is 2.01. The number of rotatable bonds is 4. The number of fused-ring (bicyclic) bond motifs is 1.